The third-order valence-electron chi connectivity index (χ3n) is 5.23. The minimum absolute atomic E-state index is 0.224. The van der Waals surface area contributed by atoms with Crippen LogP contribution in [0.5, 0.6) is 5.75 Å². The molecule has 3 rings (SSSR count). The first-order chi connectivity index (χ1) is 15.2. The van der Waals surface area contributed by atoms with E-state index in [1.807, 2.05) is 19.1 Å². The first-order valence-electron chi connectivity index (χ1n) is 10.1. The van der Waals surface area contributed by atoms with E-state index in [9.17, 15) is 19.2 Å². The molecule has 9 heteroatoms. The van der Waals surface area contributed by atoms with E-state index >= 15 is 0 Å². The molecule has 5 amide bonds. The summed E-state index contributed by atoms with van der Waals surface area (Å²) in [4.78, 5) is 53.9. The van der Waals surface area contributed by atoms with Crippen LogP contribution in [0.15, 0.2) is 48.5 Å². The van der Waals surface area contributed by atoms with Crippen LogP contribution in [0.2, 0.25) is 0 Å². The first kappa shape index (κ1) is 22.8. The molecular formula is C23H26N4O5. The molecule has 1 N–H and O–H groups in total. The van der Waals surface area contributed by atoms with Crippen LogP contribution in [0.3, 0.4) is 0 Å². The summed E-state index contributed by atoms with van der Waals surface area (Å²) in [5.74, 6) is -0.724. The van der Waals surface area contributed by atoms with Crippen molar-refractivity contribution in [2.75, 3.05) is 37.5 Å². The molecule has 2 aromatic rings. The number of likely N-dealkylation sites (N-methyl/N-ethyl adjacent to an activating group) is 1. The Labute approximate surface area is 186 Å². The third-order valence-corrected chi connectivity index (χ3v) is 5.23. The van der Waals surface area contributed by atoms with Gasteiger partial charge in [0.2, 0.25) is 11.8 Å². The lowest BCUT2D eigenvalue weighted by Crippen LogP contribution is -2.44. The monoisotopic (exact) mass is 438 g/mol. The Morgan fingerprint density at radius 3 is 2.28 bits per heavy atom. The normalized spacial score (nSPS) is 15.7. The summed E-state index contributed by atoms with van der Waals surface area (Å²) in [5.41, 5.74) is 2.17. The lowest BCUT2D eigenvalue weighted by Gasteiger charge is -2.21. The van der Waals surface area contributed by atoms with E-state index < -0.39 is 36.3 Å². The molecule has 1 aliphatic heterocycles. The minimum atomic E-state index is -0.721. The number of rotatable bonds is 7. The highest BCUT2D eigenvalue weighted by atomic mass is 16.5. The summed E-state index contributed by atoms with van der Waals surface area (Å²) >= 11 is 0. The highest BCUT2D eigenvalue weighted by Crippen LogP contribution is 2.26. The molecule has 0 aliphatic carbocycles. The Kier molecular flexibility index (Phi) is 6.77. The number of nitrogens with zero attached hydrogens (tertiary/aromatic N) is 3. The van der Waals surface area contributed by atoms with Gasteiger partial charge in [0.05, 0.1) is 13.7 Å². The van der Waals surface area contributed by atoms with Crippen LogP contribution in [0, 0.1) is 6.92 Å². The Morgan fingerprint density at radius 1 is 1.06 bits per heavy atom. The van der Waals surface area contributed by atoms with Gasteiger partial charge in [-0.2, -0.15) is 0 Å². The first-order valence-corrected chi connectivity index (χ1v) is 10.1. The molecule has 1 fully saturated rings. The van der Waals surface area contributed by atoms with Gasteiger partial charge in [-0.15, -0.1) is 0 Å². The number of imide groups is 1. The van der Waals surface area contributed by atoms with Crippen molar-refractivity contribution in [2.24, 2.45) is 0 Å². The molecule has 1 saturated heterocycles. The number of nitrogens with one attached hydrogen (secondary N) is 1. The molecule has 1 heterocycles. The largest absolute Gasteiger partial charge is 0.497 e. The fraction of sp³-hybridized carbons (Fsp3) is 0.304. The second kappa shape index (κ2) is 9.51. The summed E-state index contributed by atoms with van der Waals surface area (Å²) in [6, 6.07) is 12.7. The van der Waals surface area contributed by atoms with Crippen LogP contribution in [0.1, 0.15) is 12.5 Å². The molecule has 0 radical (unpaired) electrons. The lowest BCUT2D eigenvalue weighted by molar-refractivity contribution is -0.137. The van der Waals surface area contributed by atoms with E-state index in [1.54, 1.807) is 50.4 Å². The van der Waals surface area contributed by atoms with Gasteiger partial charge in [0.15, 0.2) is 0 Å². The molecular weight excluding hydrogens is 412 g/mol. The number of carbonyl (C=O) groups excluding carboxylic acids is 4. The molecule has 2 aromatic carbocycles. The maximum absolute atomic E-state index is 12.9. The summed E-state index contributed by atoms with van der Waals surface area (Å²) < 4.78 is 5.07. The van der Waals surface area contributed by atoms with E-state index in [-0.39, 0.29) is 6.54 Å². The zero-order valence-electron chi connectivity index (χ0n) is 18.5. The number of anilines is 2. The molecule has 9 nitrogen and oxygen atoms in total. The molecule has 0 aromatic heterocycles. The maximum Gasteiger partial charge on any atom is 0.332 e. The molecule has 168 valence electrons. The van der Waals surface area contributed by atoms with Gasteiger partial charge in [0.1, 0.15) is 18.3 Å². The minimum Gasteiger partial charge on any atom is -0.497 e. The van der Waals surface area contributed by atoms with Gasteiger partial charge in [-0.05, 0) is 50.2 Å². The van der Waals surface area contributed by atoms with E-state index in [0.717, 1.165) is 10.5 Å². The van der Waals surface area contributed by atoms with Crippen LogP contribution in [-0.2, 0) is 14.4 Å². The van der Waals surface area contributed by atoms with Gasteiger partial charge in [-0.1, -0.05) is 17.7 Å². The Hall–Kier alpha value is -3.88. The summed E-state index contributed by atoms with van der Waals surface area (Å²) in [7, 11) is 2.99. The van der Waals surface area contributed by atoms with Crippen molar-refractivity contribution in [1.82, 2.24) is 9.80 Å². The number of benzene rings is 2. The summed E-state index contributed by atoms with van der Waals surface area (Å²) in [6.45, 7) is 2.89. The second-order valence-corrected chi connectivity index (χ2v) is 7.61. The van der Waals surface area contributed by atoms with Crippen molar-refractivity contribution in [2.45, 2.75) is 19.9 Å². The zero-order chi connectivity index (χ0) is 23.4. The van der Waals surface area contributed by atoms with Crippen LogP contribution >= 0.6 is 0 Å². The summed E-state index contributed by atoms with van der Waals surface area (Å²) in [5, 5.41) is 2.69. The van der Waals surface area contributed by atoms with Gasteiger partial charge >= 0.3 is 6.03 Å². The molecule has 32 heavy (non-hydrogen) atoms. The molecule has 1 aliphatic rings. The highest BCUT2D eigenvalue weighted by molar-refractivity contribution is 6.15. The standard InChI is InChI=1S/C23H26N4O5/c1-15-5-9-18(10-6-15)27-16(2)22(30)26(23(27)31)14-21(29)25(3)13-20(28)24-17-7-11-19(32-4)12-8-17/h5-12,16H,13-14H2,1-4H3,(H,24,28). The average Bonchev–Trinajstić information content (AvgIpc) is 2.98. The Balaban J connectivity index is 1.60. The quantitative estimate of drug-likeness (QED) is 0.669. The second-order valence-electron chi connectivity index (χ2n) is 7.61. The molecule has 0 spiro atoms. The van der Waals surface area contributed by atoms with Crippen LogP contribution in [-0.4, -0.2) is 66.8 Å². The van der Waals surface area contributed by atoms with Crippen molar-refractivity contribution in [3.8, 4) is 5.75 Å². The van der Waals surface area contributed by atoms with E-state index in [4.69, 9.17) is 4.74 Å². The number of aryl methyl sites for hydroxylation is 1. The van der Waals surface area contributed by atoms with Crippen LogP contribution in [0.25, 0.3) is 0 Å². The zero-order valence-corrected chi connectivity index (χ0v) is 18.5. The highest BCUT2D eigenvalue weighted by Gasteiger charge is 2.44. The number of amides is 5. The maximum atomic E-state index is 12.9. The van der Waals surface area contributed by atoms with Crippen LogP contribution < -0.4 is 15.0 Å². The smallest absolute Gasteiger partial charge is 0.332 e. The van der Waals surface area contributed by atoms with Gasteiger partial charge in [-0.25, -0.2) is 4.79 Å². The molecule has 1 atom stereocenters. The Bertz CT molecular complexity index is 1020. The van der Waals surface area contributed by atoms with Gasteiger partial charge in [0, 0.05) is 18.4 Å². The average molecular weight is 438 g/mol. The van der Waals surface area contributed by atoms with E-state index in [2.05, 4.69) is 5.32 Å². The van der Waals surface area contributed by atoms with Crippen molar-refractivity contribution < 1.29 is 23.9 Å². The van der Waals surface area contributed by atoms with Crippen LogP contribution in [0.4, 0.5) is 16.2 Å². The predicted molar refractivity (Wildman–Crippen MR) is 119 cm³/mol. The number of urea groups is 1. The molecule has 1 unspecified atom stereocenters. The topological polar surface area (TPSA) is 99.3 Å². The fourth-order valence-corrected chi connectivity index (χ4v) is 3.35. The number of carbonyl (C=O) groups is 4. The van der Waals surface area contributed by atoms with Crippen molar-refractivity contribution >= 4 is 35.1 Å². The van der Waals surface area contributed by atoms with Gasteiger partial charge in [0.25, 0.3) is 5.91 Å². The molecule has 0 bridgehead atoms. The number of methoxy groups -OCH3 is 1. The molecule has 0 saturated carbocycles. The number of hydrogen-bond acceptors (Lipinski definition) is 5. The van der Waals surface area contributed by atoms with Crippen molar-refractivity contribution in [3.63, 3.8) is 0 Å². The van der Waals surface area contributed by atoms with E-state index in [0.29, 0.717) is 17.1 Å². The predicted octanol–water partition coefficient (Wildman–Crippen LogP) is 2.26. The van der Waals surface area contributed by atoms with Gasteiger partial charge in [-0.3, -0.25) is 24.2 Å². The fourth-order valence-electron chi connectivity index (χ4n) is 3.35. The number of ether oxygens (including phenoxy) is 1. The Morgan fingerprint density at radius 2 is 1.69 bits per heavy atom. The number of hydrogen-bond donors (Lipinski definition) is 1. The van der Waals surface area contributed by atoms with E-state index in [1.165, 1.54) is 16.8 Å². The van der Waals surface area contributed by atoms with Crippen molar-refractivity contribution in [3.05, 3.63) is 54.1 Å². The van der Waals surface area contributed by atoms with Gasteiger partial charge < -0.3 is 15.0 Å². The SMILES string of the molecule is COc1ccc(NC(=O)CN(C)C(=O)CN2C(=O)C(C)N(c3ccc(C)cc3)C2=O)cc1. The third kappa shape index (κ3) is 4.88. The summed E-state index contributed by atoms with van der Waals surface area (Å²) in [6.07, 6.45) is 0. The van der Waals surface area contributed by atoms with Crippen molar-refractivity contribution in [1.29, 1.82) is 0 Å². The lowest BCUT2D eigenvalue weighted by atomic mass is 10.2.